The van der Waals surface area contributed by atoms with E-state index in [4.69, 9.17) is 9.15 Å². The third-order valence-corrected chi connectivity index (χ3v) is 5.25. The van der Waals surface area contributed by atoms with E-state index in [1.54, 1.807) is 30.3 Å². The van der Waals surface area contributed by atoms with Crippen LogP contribution in [-0.2, 0) is 9.59 Å². The second-order valence-corrected chi connectivity index (χ2v) is 7.49. The van der Waals surface area contributed by atoms with Crippen LogP contribution in [0.4, 0.5) is 10.1 Å². The largest absolute Gasteiger partial charge is 0.507 e. The first-order chi connectivity index (χ1) is 15.4. The fourth-order valence-electron chi connectivity index (χ4n) is 3.77. The Morgan fingerprint density at radius 2 is 1.97 bits per heavy atom. The van der Waals surface area contributed by atoms with Crippen LogP contribution in [0.3, 0.4) is 0 Å². The van der Waals surface area contributed by atoms with E-state index in [1.165, 1.54) is 24.5 Å². The highest BCUT2D eigenvalue weighted by Gasteiger charge is 2.48. The lowest BCUT2D eigenvalue weighted by atomic mass is 9.98. The first-order valence-electron chi connectivity index (χ1n) is 10.3. The Labute approximate surface area is 184 Å². The van der Waals surface area contributed by atoms with E-state index in [2.05, 4.69) is 0 Å². The van der Waals surface area contributed by atoms with Gasteiger partial charge in [-0.3, -0.25) is 14.5 Å². The summed E-state index contributed by atoms with van der Waals surface area (Å²) in [6.45, 7) is 4.39. The number of aryl methyl sites for hydroxylation is 1. The Bertz CT molecular complexity index is 1200. The van der Waals surface area contributed by atoms with Crippen molar-refractivity contribution in [2.45, 2.75) is 26.3 Å². The van der Waals surface area contributed by atoms with E-state index in [0.717, 1.165) is 23.0 Å². The number of hydrogen-bond acceptors (Lipinski definition) is 5. The molecule has 1 unspecified atom stereocenters. The third-order valence-electron chi connectivity index (χ3n) is 5.25. The SMILES string of the molecule is CCCOc1ccc(/C(O)=C2/C(=O)C(=O)N(c3cccc(F)c3)C2c2ccco2)cc1C. The summed E-state index contributed by atoms with van der Waals surface area (Å²) in [6.07, 6.45) is 2.26. The van der Waals surface area contributed by atoms with Crippen molar-refractivity contribution in [3.05, 3.63) is 89.1 Å². The number of aliphatic hydroxyl groups is 1. The van der Waals surface area contributed by atoms with Crippen LogP contribution in [-0.4, -0.2) is 23.4 Å². The van der Waals surface area contributed by atoms with Crippen molar-refractivity contribution in [2.24, 2.45) is 0 Å². The summed E-state index contributed by atoms with van der Waals surface area (Å²) in [6, 6.07) is 12.6. The lowest BCUT2D eigenvalue weighted by Gasteiger charge is -2.23. The average molecular weight is 435 g/mol. The molecule has 1 aliphatic rings. The number of nitrogens with zero attached hydrogens (tertiary/aromatic N) is 1. The van der Waals surface area contributed by atoms with Gasteiger partial charge in [0.25, 0.3) is 11.7 Å². The molecule has 7 heteroatoms. The maximum atomic E-state index is 13.9. The van der Waals surface area contributed by atoms with Crippen LogP contribution in [0.1, 0.15) is 36.3 Å². The van der Waals surface area contributed by atoms with E-state index in [0.29, 0.717) is 17.9 Å². The van der Waals surface area contributed by atoms with Gasteiger partial charge in [-0.1, -0.05) is 13.0 Å². The summed E-state index contributed by atoms with van der Waals surface area (Å²) < 4.78 is 25.1. The molecule has 164 valence electrons. The Morgan fingerprint density at radius 3 is 2.62 bits per heavy atom. The van der Waals surface area contributed by atoms with E-state index in [9.17, 15) is 19.1 Å². The molecule has 4 rings (SSSR count). The second kappa shape index (κ2) is 8.70. The smallest absolute Gasteiger partial charge is 0.300 e. The topological polar surface area (TPSA) is 80.0 Å². The predicted octanol–water partition coefficient (Wildman–Crippen LogP) is 5.14. The van der Waals surface area contributed by atoms with E-state index in [1.807, 2.05) is 13.8 Å². The van der Waals surface area contributed by atoms with Gasteiger partial charge in [-0.2, -0.15) is 0 Å². The first-order valence-corrected chi connectivity index (χ1v) is 10.3. The van der Waals surface area contributed by atoms with Crippen molar-refractivity contribution < 1.29 is 28.2 Å². The Morgan fingerprint density at radius 1 is 1.16 bits per heavy atom. The zero-order chi connectivity index (χ0) is 22.8. The molecule has 0 spiro atoms. The molecule has 1 amide bonds. The highest BCUT2D eigenvalue weighted by molar-refractivity contribution is 6.51. The van der Waals surface area contributed by atoms with E-state index < -0.39 is 23.5 Å². The zero-order valence-electron chi connectivity index (χ0n) is 17.7. The molecule has 1 aliphatic heterocycles. The summed E-state index contributed by atoms with van der Waals surface area (Å²) in [5.41, 5.74) is 1.19. The van der Waals surface area contributed by atoms with Gasteiger partial charge < -0.3 is 14.3 Å². The van der Waals surface area contributed by atoms with Gasteiger partial charge in [-0.15, -0.1) is 0 Å². The van der Waals surface area contributed by atoms with Crippen molar-refractivity contribution in [2.75, 3.05) is 11.5 Å². The van der Waals surface area contributed by atoms with Gasteiger partial charge in [-0.25, -0.2) is 4.39 Å². The number of halogens is 1. The number of hydrogen-bond donors (Lipinski definition) is 1. The maximum absolute atomic E-state index is 13.9. The Balaban J connectivity index is 1.84. The van der Waals surface area contributed by atoms with Gasteiger partial charge in [0.2, 0.25) is 0 Å². The maximum Gasteiger partial charge on any atom is 0.300 e. The molecule has 1 atom stereocenters. The number of ketones is 1. The van der Waals surface area contributed by atoms with Crippen molar-refractivity contribution in [1.82, 2.24) is 0 Å². The van der Waals surface area contributed by atoms with Crippen LogP contribution >= 0.6 is 0 Å². The summed E-state index contributed by atoms with van der Waals surface area (Å²) in [7, 11) is 0. The van der Waals surface area contributed by atoms with Gasteiger partial charge in [-0.05, 0) is 67.4 Å². The molecule has 6 nitrogen and oxygen atoms in total. The first kappa shape index (κ1) is 21.4. The van der Waals surface area contributed by atoms with Gasteiger partial charge in [0.15, 0.2) is 0 Å². The number of rotatable bonds is 6. The quantitative estimate of drug-likeness (QED) is 0.329. The summed E-state index contributed by atoms with van der Waals surface area (Å²) >= 11 is 0. The standard InChI is InChI=1S/C25H22FNO5/c1-3-11-31-19-10-9-16(13-15(19)2)23(28)21-22(20-8-5-12-32-20)27(25(30)24(21)29)18-7-4-6-17(26)14-18/h4-10,12-14,22,28H,3,11H2,1-2H3/b23-21-. The normalized spacial score (nSPS) is 17.7. The Hall–Kier alpha value is -3.87. The lowest BCUT2D eigenvalue weighted by molar-refractivity contribution is -0.132. The van der Waals surface area contributed by atoms with Crippen molar-refractivity contribution in [1.29, 1.82) is 0 Å². The van der Waals surface area contributed by atoms with Crippen molar-refractivity contribution in [3.63, 3.8) is 0 Å². The molecule has 32 heavy (non-hydrogen) atoms. The van der Waals surface area contributed by atoms with Crippen molar-refractivity contribution in [3.8, 4) is 5.75 Å². The molecule has 2 heterocycles. The minimum absolute atomic E-state index is 0.129. The minimum Gasteiger partial charge on any atom is -0.507 e. The molecule has 0 radical (unpaired) electrons. The van der Waals surface area contributed by atoms with Crippen LogP contribution in [0, 0.1) is 12.7 Å². The molecule has 2 aromatic carbocycles. The van der Waals surface area contributed by atoms with E-state index in [-0.39, 0.29) is 22.8 Å². The second-order valence-electron chi connectivity index (χ2n) is 7.49. The molecule has 1 N–H and O–H groups in total. The number of carbonyl (C=O) groups excluding carboxylic acids is 2. The van der Waals surface area contributed by atoms with E-state index >= 15 is 0 Å². The minimum atomic E-state index is -1.04. The van der Waals surface area contributed by atoms with Crippen LogP contribution < -0.4 is 9.64 Å². The molecular weight excluding hydrogens is 413 g/mol. The number of anilines is 1. The monoisotopic (exact) mass is 435 g/mol. The fourth-order valence-corrected chi connectivity index (χ4v) is 3.77. The number of amides is 1. The number of furan rings is 1. The molecule has 1 saturated heterocycles. The Kier molecular flexibility index (Phi) is 5.81. The fraction of sp³-hybridized carbons (Fsp3) is 0.200. The van der Waals surface area contributed by atoms with Crippen LogP contribution in [0.15, 0.2) is 70.9 Å². The van der Waals surface area contributed by atoms with Crippen molar-refractivity contribution >= 4 is 23.1 Å². The molecule has 0 saturated carbocycles. The number of ether oxygens (including phenoxy) is 1. The summed E-state index contributed by atoms with van der Waals surface area (Å²) in [5.74, 6) is -1.70. The molecule has 1 aromatic heterocycles. The van der Waals surface area contributed by atoms with Crippen LogP contribution in [0.2, 0.25) is 0 Å². The van der Waals surface area contributed by atoms with Gasteiger partial charge >= 0.3 is 0 Å². The third kappa shape index (κ3) is 3.77. The van der Waals surface area contributed by atoms with Crippen LogP contribution in [0.25, 0.3) is 5.76 Å². The average Bonchev–Trinajstić information content (AvgIpc) is 3.39. The molecule has 3 aromatic rings. The molecular formula is C25H22FNO5. The van der Waals surface area contributed by atoms with Gasteiger partial charge in [0.05, 0.1) is 18.4 Å². The number of Topliss-reactive ketones (excluding diaryl/α,β-unsaturated/α-hetero) is 1. The number of aliphatic hydroxyl groups excluding tert-OH is 1. The molecule has 0 aliphatic carbocycles. The highest BCUT2D eigenvalue weighted by Crippen LogP contribution is 2.42. The van der Waals surface area contributed by atoms with Gasteiger partial charge in [0.1, 0.15) is 29.1 Å². The highest BCUT2D eigenvalue weighted by atomic mass is 19.1. The lowest BCUT2D eigenvalue weighted by Crippen LogP contribution is -2.29. The summed E-state index contributed by atoms with van der Waals surface area (Å²) in [4.78, 5) is 27.1. The number of carbonyl (C=O) groups is 2. The molecule has 0 bridgehead atoms. The van der Waals surface area contributed by atoms with Gasteiger partial charge in [0, 0.05) is 11.3 Å². The summed E-state index contributed by atoms with van der Waals surface area (Å²) in [5, 5.41) is 11.1. The van der Waals surface area contributed by atoms with Crippen LogP contribution in [0.5, 0.6) is 5.75 Å². The zero-order valence-corrected chi connectivity index (χ0v) is 17.7. The molecule has 1 fully saturated rings. The number of benzene rings is 2. The predicted molar refractivity (Wildman–Crippen MR) is 117 cm³/mol.